The van der Waals surface area contributed by atoms with Crippen molar-refractivity contribution in [1.29, 1.82) is 0 Å². The number of phenols is 2. The number of methoxy groups -OCH3 is 1. The van der Waals surface area contributed by atoms with E-state index in [2.05, 4.69) is 0 Å². The normalized spacial score (nSPS) is 10.6. The van der Waals surface area contributed by atoms with Crippen molar-refractivity contribution in [3.63, 3.8) is 0 Å². The lowest BCUT2D eigenvalue weighted by Crippen LogP contribution is -2.42. The number of allylic oxidation sites excluding steroid dienone is 2. The Morgan fingerprint density at radius 3 is 1.68 bits per heavy atom. The van der Waals surface area contributed by atoms with E-state index in [9.17, 15) is 29.4 Å². The van der Waals surface area contributed by atoms with Crippen LogP contribution >= 0.6 is 24.8 Å². The number of hydrogen-bond acceptors (Lipinski definition) is 10. The first-order valence-electron chi connectivity index (χ1n) is 10.4. The summed E-state index contributed by atoms with van der Waals surface area (Å²) in [6, 6.07) is 8.59. The van der Waals surface area contributed by atoms with E-state index in [1.54, 1.807) is 6.07 Å². The van der Waals surface area contributed by atoms with Crippen LogP contribution in [0.15, 0.2) is 48.6 Å². The molecular formula is C25H28Cl2N2O8. The number of halogens is 2. The van der Waals surface area contributed by atoms with E-state index < -0.39 is 42.3 Å². The Labute approximate surface area is 225 Å². The van der Waals surface area contributed by atoms with Crippen molar-refractivity contribution in [2.24, 2.45) is 11.5 Å². The molecule has 0 saturated carbocycles. The van der Waals surface area contributed by atoms with Crippen LogP contribution in [-0.2, 0) is 19.2 Å². The van der Waals surface area contributed by atoms with Crippen molar-refractivity contribution in [2.45, 2.75) is 12.5 Å². The Balaban J connectivity index is 0.00000648. The second kappa shape index (κ2) is 16.1. The molecule has 12 heteroatoms. The minimum absolute atomic E-state index is 0. The Kier molecular flexibility index (Phi) is 14.5. The number of nitrogens with two attached hydrogens (primary N) is 2. The lowest BCUT2D eigenvalue weighted by atomic mass is 10.1. The van der Waals surface area contributed by atoms with Crippen molar-refractivity contribution < 1.29 is 38.9 Å². The minimum Gasteiger partial charge on any atom is -0.504 e. The average molecular weight is 555 g/mol. The molecule has 200 valence electrons. The van der Waals surface area contributed by atoms with Crippen molar-refractivity contribution in [3.05, 3.63) is 59.7 Å². The third-order valence-corrected chi connectivity index (χ3v) is 4.69. The van der Waals surface area contributed by atoms with Gasteiger partial charge in [0.25, 0.3) is 0 Å². The summed E-state index contributed by atoms with van der Waals surface area (Å²) in [5, 5.41) is 19.6. The van der Waals surface area contributed by atoms with Gasteiger partial charge in [0.05, 0.1) is 26.6 Å². The second-order valence-corrected chi connectivity index (χ2v) is 7.27. The van der Waals surface area contributed by atoms with Crippen molar-refractivity contribution in [2.75, 3.05) is 20.2 Å². The first-order chi connectivity index (χ1) is 16.7. The van der Waals surface area contributed by atoms with Gasteiger partial charge in [0.1, 0.15) is 0 Å². The standard InChI is InChI=1S/C25H26N2O8.2ClH/c1-34-23-10-15(4-8-19(23)30)2-6-17(28)12-18(29)7-3-16-5-9-20(31)24(11-16)35-25(21(32)13-26)22(33)14-27;;/h2-11,25,30-31H,12-14,26-27H2,1H3;2*1H/b6-2+,7-3+;;. The third-order valence-electron chi connectivity index (χ3n) is 4.69. The maximum absolute atomic E-state index is 12.2. The number of ketones is 4. The van der Waals surface area contributed by atoms with E-state index in [0.717, 1.165) is 0 Å². The molecule has 0 aliphatic carbocycles. The quantitative estimate of drug-likeness (QED) is 0.211. The van der Waals surface area contributed by atoms with E-state index in [1.807, 2.05) is 0 Å². The van der Waals surface area contributed by atoms with Gasteiger partial charge < -0.3 is 31.2 Å². The van der Waals surface area contributed by atoms with Gasteiger partial charge in [-0.2, -0.15) is 0 Å². The van der Waals surface area contributed by atoms with E-state index in [4.69, 9.17) is 20.9 Å². The highest BCUT2D eigenvalue weighted by molar-refractivity contribution is 6.11. The Bertz CT molecular complexity index is 1170. The molecular weight excluding hydrogens is 527 g/mol. The number of ether oxygens (including phenoxy) is 2. The van der Waals surface area contributed by atoms with Gasteiger partial charge in [-0.1, -0.05) is 24.3 Å². The van der Waals surface area contributed by atoms with Gasteiger partial charge in [0.2, 0.25) is 6.10 Å². The molecule has 0 spiro atoms. The highest BCUT2D eigenvalue weighted by Gasteiger charge is 2.27. The third kappa shape index (κ3) is 10.1. The zero-order chi connectivity index (χ0) is 26.0. The summed E-state index contributed by atoms with van der Waals surface area (Å²) in [5.41, 5.74) is 11.6. The van der Waals surface area contributed by atoms with Crippen LogP contribution in [0.4, 0.5) is 0 Å². The zero-order valence-corrected chi connectivity index (χ0v) is 21.4. The number of phenolic OH excluding ortho intramolecular Hbond substituents is 2. The average Bonchev–Trinajstić information content (AvgIpc) is 2.85. The van der Waals surface area contributed by atoms with E-state index >= 15 is 0 Å². The van der Waals surface area contributed by atoms with Crippen LogP contribution in [0.25, 0.3) is 12.2 Å². The molecule has 2 rings (SSSR count). The maximum Gasteiger partial charge on any atom is 0.217 e. The van der Waals surface area contributed by atoms with Crippen molar-refractivity contribution in [1.82, 2.24) is 0 Å². The molecule has 0 saturated heterocycles. The topological polar surface area (TPSA) is 179 Å². The Hall–Kier alpha value is -3.70. The van der Waals surface area contributed by atoms with E-state index in [0.29, 0.717) is 11.1 Å². The number of hydrogen-bond donors (Lipinski definition) is 4. The van der Waals surface area contributed by atoms with E-state index in [-0.39, 0.29) is 54.2 Å². The number of aromatic hydroxyl groups is 2. The highest BCUT2D eigenvalue weighted by Crippen LogP contribution is 2.29. The number of benzene rings is 2. The fraction of sp³-hybridized carbons (Fsp3) is 0.200. The van der Waals surface area contributed by atoms with Crippen LogP contribution in [0.3, 0.4) is 0 Å². The number of carbonyl (C=O) groups is 4. The summed E-state index contributed by atoms with van der Waals surface area (Å²) >= 11 is 0. The number of carbonyl (C=O) groups excluding carboxylic acids is 4. The van der Waals surface area contributed by atoms with Crippen LogP contribution in [0.1, 0.15) is 17.5 Å². The molecule has 0 bridgehead atoms. The van der Waals surface area contributed by atoms with Gasteiger partial charge in [-0.3, -0.25) is 19.2 Å². The Morgan fingerprint density at radius 2 is 1.24 bits per heavy atom. The van der Waals surface area contributed by atoms with Crippen LogP contribution in [0.2, 0.25) is 0 Å². The van der Waals surface area contributed by atoms with Crippen LogP contribution in [-0.4, -0.2) is 59.6 Å². The summed E-state index contributed by atoms with van der Waals surface area (Å²) in [7, 11) is 1.40. The molecule has 0 aliphatic rings. The lowest BCUT2D eigenvalue weighted by molar-refractivity contribution is -0.135. The van der Waals surface area contributed by atoms with Crippen LogP contribution in [0.5, 0.6) is 23.0 Å². The fourth-order valence-electron chi connectivity index (χ4n) is 2.85. The molecule has 0 unspecified atom stereocenters. The second-order valence-electron chi connectivity index (χ2n) is 7.27. The monoisotopic (exact) mass is 554 g/mol. The zero-order valence-electron chi connectivity index (χ0n) is 19.8. The van der Waals surface area contributed by atoms with Crippen LogP contribution in [0, 0.1) is 0 Å². The molecule has 2 aromatic carbocycles. The van der Waals surface area contributed by atoms with Gasteiger partial charge in [-0.15, -0.1) is 24.8 Å². The molecule has 0 radical (unpaired) electrons. The van der Waals surface area contributed by atoms with Gasteiger partial charge in [-0.05, 0) is 47.5 Å². The van der Waals surface area contributed by atoms with Gasteiger partial charge in [0.15, 0.2) is 46.1 Å². The number of rotatable bonds is 13. The summed E-state index contributed by atoms with van der Waals surface area (Å²) in [6.45, 7) is -0.901. The largest absolute Gasteiger partial charge is 0.504 e. The molecule has 0 amide bonds. The number of Topliss-reactive ketones (excluding diaryl/α,β-unsaturated/α-hetero) is 2. The molecule has 6 N–H and O–H groups in total. The van der Waals surface area contributed by atoms with Gasteiger partial charge in [0, 0.05) is 0 Å². The van der Waals surface area contributed by atoms with Crippen LogP contribution < -0.4 is 20.9 Å². The summed E-state index contributed by atoms with van der Waals surface area (Å²) in [6.07, 6.45) is 3.36. The summed E-state index contributed by atoms with van der Waals surface area (Å²) in [4.78, 5) is 48.1. The molecule has 0 atom stereocenters. The Morgan fingerprint density at radius 1 is 0.811 bits per heavy atom. The molecule has 0 heterocycles. The maximum atomic E-state index is 12.2. The molecule has 0 fully saturated rings. The molecule has 0 aliphatic heterocycles. The lowest BCUT2D eigenvalue weighted by Gasteiger charge is -2.16. The summed E-state index contributed by atoms with van der Waals surface area (Å²) < 4.78 is 10.3. The predicted octanol–water partition coefficient (Wildman–Crippen LogP) is 2.01. The van der Waals surface area contributed by atoms with E-state index in [1.165, 1.54) is 61.7 Å². The first kappa shape index (κ1) is 33.3. The van der Waals surface area contributed by atoms with Gasteiger partial charge in [-0.25, -0.2) is 0 Å². The smallest absolute Gasteiger partial charge is 0.217 e. The van der Waals surface area contributed by atoms with Crippen molar-refractivity contribution >= 4 is 60.1 Å². The predicted molar refractivity (Wildman–Crippen MR) is 142 cm³/mol. The highest BCUT2D eigenvalue weighted by atomic mass is 35.5. The minimum atomic E-state index is -1.56. The molecule has 0 aromatic heterocycles. The molecule has 10 nitrogen and oxygen atoms in total. The van der Waals surface area contributed by atoms with Gasteiger partial charge >= 0.3 is 0 Å². The first-order valence-corrected chi connectivity index (χ1v) is 10.4. The molecule has 37 heavy (non-hydrogen) atoms. The fourth-order valence-corrected chi connectivity index (χ4v) is 2.85. The SMILES string of the molecule is COc1cc(/C=C/C(=O)CC(=O)/C=C/c2ccc(O)c(OC(C(=O)CN)C(=O)CN)c2)ccc1O.Cl.Cl. The van der Waals surface area contributed by atoms with Crippen molar-refractivity contribution in [3.8, 4) is 23.0 Å². The summed E-state index contributed by atoms with van der Waals surface area (Å²) in [5.74, 6) is -2.61. The molecule has 2 aromatic rings.